The lowest BCUT2D eigenvalue weighted by atomic mass is 9.97. The molecule has 2 rings (SSSR count). The average molecular weight is 278 g/mol. The summed E-state index contributed by atoms with van der Waals surface area (Å²) in [6.07, 6.45) is 9.20. The molecule has 0 atom stereocenters. The molecule has 5 nitrogen and oxygen atoms in total. The molecule has 1 aromatic rings. The van der Waals surface area contributed by atoms with Gasteiger partial charge in [-0.1, -0.05) is 32.1 Å². The van der Waals surface area contributed by atoms with Crippen LogP contribution in [0, 0.1) is 0 Å². The molecule has 0 unspecified atom stereocenters. The van der Waals surface area contributed by atoms with Crippen LogP contribution in [-0.4, -0.2) is 30.2 Å². The first-order chi connectivity index (χ1) is 9.81. The highest BCUT2D eigenvalue weighted by Gasteiger charge is 2.13. The molecule has 0 spiro atoms. The third kappa shape index (κ3) is 4.63. The predicted molar refractivity (Wildman–Crippen MR) is 82.0 cm³/mol. The van der Waals surface area contributed by atoms with E-state index in [1.807, 2.05) is 13.1 Å². The van der Waals surface area contributed by atoms with Crippen LogP contribution in [0.5, 0.6) is 0 Å². The second kappa shape index (κ2) is 8.04. The van der Waals surface area contributed by atoms with Crippen LogP contribution in [0.25, 0.3) is 0 Å². The Morgan fingerprint density at radius 3 is 2.40 bits per heavy atom. The van der Waals surface area contributed by atoms with Crippen molar-refractivity contribution in [2.24, 2.45) is 0 Å². The van der Waals surface area contributed by atoms with Crippen molar-refractivity contribution >= 4 is 11.6 Å². The zero-order valence-electron chi connectivity index (χ0n) is 12.6. The smallest absolute Gasteiger partial charge is 0.158 e. The number of rotatable bonds is 5. The van der Waals surface area contributed by atoms with Gasteiger partial charge in [0.05, 0.1) is 0 Å². The molecule has 1 aliphatic carbocycles. The lowest BCUT2D eigenvalue weighted by Crippen LogP contribution is -2.22. The summed E-state index contributed by atoms with van der Waals surface area (Å²) >= 11 is 0. The van der Waals surface area contributed by atoms with Crippen molar-refractivity contribution in [3.8, 4) is 0 Å². The molecule has 1 aromatic heterocycles. The maximum Gasteiger partial charge on any atom is 0.158 e. The normalized spacial score (nSPS) is 17.3. The Bertz CT molecular complexity index is 403. The van der Waals surface area contributed by atoms with E-state index in [1.54, 1.807) is 7.11 Å². The predicted octanol–water partition coefficient (Wildman–Crippen LogP) is 3.19. The minimum atomic E-state index is 0.439. The van der Waals surface area contributed by atoms with E-state index >= 15 is 0 Å². The molecule has 0 saturated heterocycles. The third-order valence-corrected chi connectivity index (χ3v) is 3.76. The van der Waals surface area contributed by atoms with Gasteiger partial charge in [0.15, 0.2) is 5.82 Å². The topological polar surface area (TPSA) is 59.1 Å². The highest BCUT2D eigenvalue weighted by atomic mass is 16.5. The maximum absolute atomic E-state index is 5.13. The Morgan fingerprint density at radius 1 is 1.10 bits per heavy atom. The molecular weight excluding hydrogens is 252 g/mol. The second-order valence-corrected chi connectivity index (χ2v) is 5.42. The maximum atomic E-state index is 5.13. The van der Waals surface area contributed by atoms with E-state index in [0.29, 0.717) is 18.5 Å². The van der Waals surface area contributed by atoms with Gasteiger partial charge in [-0.3, -0.25) is 0 Å². The van der Waals surface area contributed by atoms with Gasteiger partial charge in [0, 0.05) is 26.3 Å². The quantitative estimate of drug-likeness (QED) is 0.866. The van der Waals surface area contributed by atoms with E-state index < -0.39 is 0 Å². The number of nitrogens with zero attached hydrogens (tertiary/aromatic N) is 2. The molecule has 1 aliphatic rings. The largest absolute Gasteiger partial charge is 0.377 e. The Hall–Kier alpha value is -1.36. The lowest BCUT2D eigenvalue weighted by Gasteiger charge is -2.22. The SMILES string of the molecule is CNc1cc(NC2CCCCCCC2)nc(COC)n1. The zero-order valence-corrected chi connectivity index (χ0v) is 12.6. The van der Waals surface area contributed by atoms with E-state index in [9.17, 15) is 0 Å². The highest BCUT2D eigenvalue weighted by molar-refractivity contribution is 5.47. The van der Waals surface area contributed by atoms with E-state index in [0.717, 1.165) is 11.6 Å². The number of hydrogen-bond acceptors (Lipinski definition) is 5. The van der Waals surface area contributed by atoms with Gasteiger partial charge < -0.3 is 15.4 Å². The molecule has 0 amide bonds. The van der Waals surface area contributed by atoms with Crippen LogP contribution >= 0.6 is 0 Å². The molecule has 20 heavy (non-hydrogen) atoms. The molecule has 1 fully saturated rings. The highest BCUT2D eigenvalue weighted by Crippen LogP contribution is 2.21. The lowest BCUT2D eigenvalue weighted by molar-refractivity contribution is 0.178. The van der Waals surface area contributed by atoms with Crippen molar-refractivity contribution in [3.63, 3.8) is 0 Å². The summed E-state index contributed by atoms with van der Waals surface area (Å²) in [5, 5.41) is 6.65. The molecule has 2 N–H and O–H groups in total. The van der Waals surface area contributed by atoms with Crippen molar-refractivity contribution < 1.29 is 4.74 Å². The molecule has 1 saturated carbocycles. The molecule has 0 aromatic carbocycles. The van der Waals surface area contributed by atoms with Crippen molar-refractivity contribution in [1.82, 2.24) is 9.97 Å². The van der Waals surface area contributed by atoms with Crippen molar-refractivity contribution in [2.45, 2.75) is 57.6 Å². The van der Waals surface area contributed by atoms with Gasteiger partial charge in [0.1, 0.15) is 18.2 Å². The molecule has 0 aliphatic heterocycles. The number of methoxy groups -OCH3 is 1. The fraction of sp³-hybridized carbons (Fsp3) is 0.733. The first-order valence-corrected chi connectivity index (χ1v) is 7.63. The molecular formula is C15H26N4O. The number of hydrogen-bond donors (Lipinski definition) is 2. The van der Waals surface area contributed by atoms with Gasteiger partial charge in [-0.25, -0.2) is 9.97 Å². The van der Waals surface area contributed by atoms with E-state index in [4.69, 9.17) is 4.74 Å². The van der Waals surface area contributed by atoms with Crippen LogP contribution in [0.2, 0.25) is 0 Å². The average Bonchev–Trinajstić information content (AvgIpc) is 2.42. The minimum Gasteiger partial charge on any atom is -0.377 e. The minimum absolute atomic E-state index is 0.439. The number of aromatic nitrogens is 2. The van der Waals surface area contributed by atoms with Gasteiger partial charge in [-0.2, -0.15) is 0 Å². The van der Waals surface area contributed by atoms with Gasteiger partial charge >= 0.3 is 0 Å². The van der Waals surface area contributed by atoms with E-state index in [2.05, 4.69) is 20.6 Å². The number of ether oxygens (including phenoxy) is 1. The van der Waals surface area contributed by atoms with Crippen LogP contribution in [-0.2, 0) is 11.3 Å². The van der Waals surface area contributed by atoms with Gasteiger partial charge in [-0.15, -0.1) is 0 Å². The van der Waals surface area contributed by atoms with E-state index in [1.165, 1.54) is 44.9 Å². The second-order valence-electron chi connectivity index (χ2n) is 5.42. The van der Waals surface area contributed by atoms with E-state index in [-0.39, 0.29) is 0 Å². The van der Waals surface area contributed by atoms with Gasteiger partial charge in [0.2, 0.25) is 0 Å². The van der Waals surface area contributed by atoms with Gasteiger partial charge in [0.25, 0.3) is 0 Å². The fourth-order valence-electron chi connectivity index (χ4n) is 2.70. The molecule has 5 heteroatoms. The standard InChI is InChI=1S/C15H26N4O/c1-16-13-10-14(19-15(18-13)11-20-2)17-12-8-6-4-3-5-7-9-12/h10,12H,3-9,11H2,1-2H3,(H2,16,17,18,19). The summed E-state index contributed by atoms with van der Waals surface area (Å²) in [5.74, 6) is 2.45. The molecule has 1 heterocycles. The van der Waals surface area contributed by atoms with Gasteiger partial charge in [-0.05, 0) is 12.8 Å². The van der Waals surface area contributed by atoms with Crippen LogP contribution in [0.15, 0.2) is 6.07 Å². The Balaban J connectivity index is 2.04. The summed E-state index contributed by atoms with van der Waals surface area (Å²) < 4.78 is 5.13. The summed E-state index contributed by atoms with van der Waals surface area (Å²) in [7, 11) is 3.54. The summed E-state index contributed by atoms with van der Waals surface area (Å²) in [6, 6.07) is 2.50. The molecule has 112 valence electrons. The summed E-state index contributed by atoms with van der Waals surface area (Å²) in [5.41, 5.74) is 0. The summed E-state index contributed by atoms with van der Waals surface area (Å²) in [6.45, 7) is 0.439. The van der Waals surface area contributed by atoms with Crippen LogP contribution in [0.3, 0.4) is 0 Å². The van der Waals surface area contributed by atoms with Crippen molar-refractivity contribution in [1.29, 1.82) is 0 Å². The first-order valence-electron chi connectivity index (χ1n) is 7.63. The molecule has 0 radical (unpaired) electrons. The van der Waals surface area contributed by atoms with Crippen LogP contribution in [0.4, 0.5) is 11.6 Å². The first kappa shape index (κ1) is 15.0. The van der Waals surface area contributed by atoms with Crippen molar-refractivity contribution in [2.75, 3.05) is 24.8 Å². The Labute approximate surface area is 121 Å². The Morgan fingerprint density at radius 2 is 1.75 bits per heavy atom. The number of nitrogens with one attached hydrogen (secondary N) is 2. The third-order valence-electron chi connectivity index (χ3n) is 3.76. The Kier molecular flexibility index (Phi) is 6.05. The molecule has 0 bridgehead atoms. The van der Waals surface area contributed by atoms with Crippen LogP contribution < -0.4 is 10.6 Å². The number of anilines is 2. The fourth-order valence-corrected chi connectivity index (χ4v) is 2.70. The zero-order chi connectivity index (χ0) is 14.2. The van der Waals surface area contributed by atoms with Crippen LogP contribution in [0.1, 0.15) is 50.8 Å². The van der Waals surface area contributed by atoms with Crippen molar-refractivity contribution in [3.05, 3.63) is 11.9 Å². The summed E-state index contributed by atoms with van der Waals surface area (Å²) in [4.78, 5) is 8.91. The monoisotopic (exact) mass is 278 g/mol.